The molecular formula is C13H20BrFN2. The molecular weight excluding hydrogens is 283 g/mol. The third kappa shape index (κ3) is 5.15. The van der Waals surface area contributed by atoms with Crippen LogP contribution in [-0.2, 0) is 6.42 Å². The first kappa shape index (κ1) is 14.6. The molecule has 0 saturated heterocycles. The maximum absolute atomic E-state index is 13.0. The van der Waals surface area contributed by atoms with E-state index in [1.807, 2.05) is 0 Å². The van der Waals surface area contributed by atoms with Crippen molar-refractivity contribution in [1.82, 2.24) is 5.43 Å². The SMILES string of the molecule is CC(C)CCC(Cc1ccc(F)cc1Br)NN. The van der Waals surface area contributed by atoms with Crippen LogP contribution in [0.4, 0.5) is 4.39 Å². The van der Waals surface area contributed by atoms with E-state index in [1.165, 1.54) is 12.1 Å². The van der Waals surface area contributed by atoms with Gasteiger partial charge < -0.3 is 0 Å². The molecule has 0 fully saturated rings. The Labute approximate surface area is 111 Å². The Hall–Kier alpha value is -0.450. The molecule has 0 aromatic heterocycles. The summed E-state index contributed by atoms with van der Waals surface area (Å²) in [5.74, 6) is 5.99. The number of benzene rings is 1. The van der Waals surface area contributed by atoms with Crippen molar-refractivity contribution in [2.45, 2.75) is 39.2 Å². The Morgan fingerprint density at radius 3 is 2.59 bits per heavy atom. The number of hydrogen-bond acceptors (Lipinski definition) is 2. The lowest BCUT2D eigenvalue weighted by Gasteiger charge is -2.17. The molecule has 1 aromatic rings. The minimum Gasteiger partial charge on any atom is -0.271 e. The molecule has 0 aliphatic heterocycles. The lowest BCUT2D eigenvalue weighted by Crippen LogP contribution is -2.37. The van der Waals surface area contributed by atoms with Crippen LogP contribution in [0.25, 0.3) is 0 Å². The predicted octanol–water partition coefficient (Wildman–Crippen LogP) is 3.40. The summed E-state index contributed by atoms with van der Waals surface area (Å²) >= 11 is 3.38. The third-order valence-electron chi connectivity index (χ3n) is 2.81. The largest absolute Gasteiger partial charge is 0.271 e. The van der Waals surface area contributed by atoms with Gasteiger partial charge in [0.15, 0.2) is 0 Å². The molecule has 3 N–H and O–H groups in total. The Morgan fingerprint density at radius 2 is 2.06 bits per heavy atom. The monoisotopic (exact) mass is 302 g/mol. The average molecular weight is 303 g/mol. The highest BCUT2D eigenvalue weighted by Gasteiger charge is 2.11. The maximum Gasteiger partial charge on any atom is 0.124 e. The van der Waals surface area contributed by atoms with Gasteiger partial charge in [0.05, 0.1) is 0 Å². The first-order valence-electron chi connectivity index (χ1n) is 5.93. The normalized spacial score (nSPS) is 13.1. The van der Waals surface area contributed by atoms with E-state index in [1.54, 1.807) is 6.07 Å². The summed E-state index contributed by atoms with van der Waals surface area (Å²) in [7, 11) is 0. The topological polar surface area (TPSA) is 38.0 Å². The number of nitrogens with two attached hydrogens (primary N) is 1. The number of nitrogens with one attached hydrogen (secondary N) is 1. The van der Waals surface area contributed by atoms with Crippen LogP contribution in [0.1, 0.15) is 32.3 Å². The van der Waals surface area contributed by atoms with Crippen molar-refractivity contribution < 1.29 is 4.39 Å². The van der Waals surface area contributed by atoms with Crippen molar-refractivity contribution in [3.8, 4) is 0 Å². The molecule has 17 heavy (non-hydrogen) atoms. The van der Waals surface area contributed by atoms with E-state index in [4.69, 9.17) is 5.84 Å². The van der Waals surface area contributed by atoms with Crippen LogP contribution < -0.4 is 11.3 Å². The van der Waals surface area contributed by atoms with E-state index in [0.717, 1.165) is 29.3 Å². The van der Waals surface area contributed by atoms with E-state index < -0.39 is 0 Å². The Morgan fingerprint density at radius 1 is 1.35 bits per heavy atom. The van der Waals surface area contributed by atoms with E-state index >= 15 is 0 Å². The van der Waals surface area contributed by atoms with Gasteiger partial charge in [-0.15, -0.1) is 0 Å². The van der Waals surface area contributed by atoms with E-state index in [9.17, 15) is 4.39 Å². The van der Waals surface area contributed by atoms with Crippen molar-refractivity contribution in [3.05, 3.63) is 34.1 Å². The number of hydrogen-bond donors (Lipinski definition) is 2. The van der Waals surface area contributed by atoms with Crippen molar-refractivity contribution in [3.63, 3.8) is 0 Å². The molecule has 0 bridgehead atoms. The molecule has 0 radical (unpaired) electrons. The first-order valence-corrected chi connectivity index (χ1v) is 6.72. The minimum absolute atomic E-state index is 0.222. The minimum atomic E-state index is -0.222. The molecule has 96 valence electrons. The molecule has 0 spiro atoms. The summed E-state index contributed by atoms with van der Waals surface area (Å²) in [6.45, 7) is 4.39. The molecule has 0 heterocycles. The van der Waals surface area contributed by atoms with E-state index in [2.05, 4.69) is 35.2 Å². The third-order valence-corrected chi connectivity index (χ3v) is 3.55. The molecule has 1 atom stereocenters. The van der Waals surface area contributed by atoms with Crippen LogP contribution >= 0.6 is 15.9 Å². The zero-order chi connectivity index (χ0) is 12.8. The molecule has 0 aliphatic carbocycles. The van der Waals surface area contributed by atoms with Crippen LogP contribution in [0, 0.1) is 11.7 Å². The van der Waals surface area contributed by atoms with Gasteiger partial charge in [-0.25, -0.2) is 4.39 Å². The lowest BCUT2D eigenvalue weighted by atomic mass is 9.98. The molecule has 1 rings (SSSR count). The van der Waals surface area contributed by atoms with Gasteiger partial charge in [0.25, 0.3) is 0 Å². The highest BCUT2D eigenvalue weighted by Crippen LogP contribution is 2.20. The van der Waals surface area contributed by atoms with Gasteiger partial charge in [0, 0.05) is 10.5 Å². The number of halogens is 2. The fraction of sp³-hybridized carbons (Fsp3) is 0.538. The molecule has 4 heteroatoms. The van der Waals surface area contributed by atoms with Crippen molar-refractivity contribution in [2.75, 3.05) is 0 Å². The van der Waals surface area contributed by atoms with Crippen LogP contribution in [0.5, 0.6) is 0 Å². The average Bonchev–Trinajstić information content (AvgIpc) is 2.26. The van der Waals surface area contributed by atoms with Crippen LogP contribution in [0.3, 0.4) is 0 Å². The highest BCUT2D eigenvalue weighted by atomic mass is 79.9. The summed E-state index contributed by atoms with van der Waals surface area (Å²) in [4.78, 5) is 0. The van der Waals surface area contributed by atoms with Crippen LogP contribution in [0.15, 0.2) is 22.7 Å². The summed E-state index contributed by atoms with van der Waals surface area (Å²) < 4.78 is 13.8. The molecule has 0 amide bonds. The van der Waals surface area contributed by atoms with Crippen molar-refractivity contribution in [1.29, 1.82) is 0 Å². The number of rotatable bonds is 6. The van der Waals surface area contributed by atoms with Gasteiger partial charge >= 0.3 is 0 Å². The van der Waals surface area contributed by atoms with Gasteiger partial charge in [-0.3, -0.25) is 11.3 Å². The summed E-state index contributed by atoms with van der Waals surface area (Å²) in [5.41, 5.74) is 3.91. The second-order valence-corrected chi connectivity index (χ2v) is 5.63. The summed E-state index contributed by atoms with van der Waals surface area (Å²) in [6.07, 6.45) is 2.97. The fourth-order valence-corrected chi connectivity index (χ4v) is 2.24. The zero-order valence-corrected chi connectivity index (χ0v) is 11.9. The van der Waals surface area contributed by atoms with Gasteiger partial charge in [-0.05, 0) is 42.9 Å². The quantitative estimate of drug-likeness (QED) is 0.624. The Bertz CT molecular complexity index is 355. The van der Waals surface area contributed by atoms with Crippen LogP contribution in [-0.4, -0.2) is 6.04 Å². The standard InChI is InChI=1S/C13H20BrFN2/c1-9(2)3-6-12(17-16)7-10-4-5-11(15)8-13(10)14/h4-5,8-9,12,17H,3,6-7,16H2,1-2H3. The molecule has 1 unspecified atom stereocenters. The summed E-state index contributed by atoms with van der Waals surface area (Å²) in [5, 5.41) is 0. The molecule has 0 aliphatic rings. The van der Waals surface area contributed by atoms with Gasteiger partial charge in [0.2, 0.25) is 0 Å². The Kier molecular flexibility index (Phi) is 6.09. The van der Waals surface area contributed by atoms with Gasteiger partial charge in [-0.2, -0.15) is 0 Å². The zero-order valence-electron chi connectivity index (χ0n) is 10.3. The van der Waals surface area contributed by atoms with Gasteiger partial charge in [0.1, 0.15) is 5.82 Å². The Balaban J connectivity index is 2.60. The molecule has 0 saturated carbocycles. The van der Waals surface area contributed by atoms with Crippen molar-refractivity contribution in [2.24, 2.45) is 11.8 Å². The van der Waals surface area contributed by atoms with Crippen LogP contribution in [0.2, 0.25) is 0 Å². The van der Waals surface area contributed by atoms with E-state index in [-0.39, 0.29) is 11.9 Å². The second kappa shape index (κ2) is 7.09. The summed E-state index contributed by atoms with van der Waals surface area (Å²) in [6, 6.07) is 5.01. The lowest BCUT2D eigenvalue weighted by molar-refractivity contribution is 0.433. The van der Waals surface area contributed by atoms with Gasteiger partial charge in [-0.1, -0.05) is 35.8 Å². The van der Waals surface area contributed by atoms with Crippen molar-refractivity contribution >= 4 is 15.9 Å². The van der Waals surface area contributed by atoms with E-state index in [0.29, 0.717) is 5.92 Å². The first-order chi connectivity index (χ1) is 8.02. The second-order valence-electron chi connectivity index (χ2n) is 4.77. The predicted molar refractivity (Wildman–Crippen MR) is 73.0 cm³/mol. The number of hydrazine groups is 1. The highest BCUT2D eigenvalue weighted by molar-refractivity contribution is 9.10. The fourth-order valence-electron chi connectivity index (χ4n) is 1.73. The molecule has 2 nitrogen and oxygen atoms in total. The smallest absolute Gasteiger partial charge is 0.124 e. The molecule has 1 aromatic carbocycles. The maximum atomic E-state index is 13.0.